The van der Waals surface area contributed by atoms with Crippen molar-refractivity contribution < 1.29 is 14.3 Å². The van der Waals surface area contributed by atoms with Gasteiger partial charge in [-0.1, -0.05) is 51.2 Å². The standard InChI is InChI=1S/C20H24O3/c1-14-7-10-20(3)16(18(21)22)5-4-6-17(20)19(14,2)11-8-15-9-12-23-13-15/h4-6,8-9,11-14,17H,7,10H2,1-3H3,(H,21,22)/b11-8+/t14-,17-,19+,20+/m1/s1. The number of allylic oxidation sites excluding steroid dienone is 4. The maximum atomic E-state index is 11.7. The summed E-state index contributed by atoms with van der Waals surface area (Å²) in [6.45, 7) is 6.63. The molecule has 1 N–H and O–H groups in total. The first kappa shape index (κ1) is 15.9. The van der Waals surface area contributed by atoms with Gasteiger partial charge in [-0.2, -0.15) is 0 Å². The summed E-state index contributed by atoms with van der Waals surface area (Å²) in [7, 11) is 0. The largest absolute Gasteiger partial charge is 0.478 e. The van der Waals surface area contributed by atoms with Crippen molar-refractivity contribution >= 4 is 12.0 Å². The minimum absolute atomic E-state index is 0.0876. The number of carboxylic acid groups (broad SMARTS) is 1. The number of rotatable bonds is 3. The maximum Gasteiger partial charge on any atom is 0.332 e. The first-order valence-corrected chi connectivity index (χ1v) is 8.21. The van der Waals surface area contributed by atoms with Gasteiger partial charge in [0.15, 0.2) is 0 Å². The van der Waals surface area contributed by atoms with Crippen LogP contribution in [0.25, 0.3) is 6.08 Å². The number of carboxylic acids is 1. The molecule has 0 aliphatic heterocycles. The highest BCUT2D eigenvalue weighted by atomic mass is 16.4. The van der Waals surface area contributed by atoms with Gasteiger partial charge in [0.1, 0.15) is 0 Å². The molecular formula is C20H24O3. The van der Waals surface area contributed by atoms with E-state index in [9.17, 15) is 9.90 Å². The summed E-state index contributed by atoms with van der Waals surface area (Å²) in [4.78, 5) is 11.7. The highest BCUT2D eigenvalue weighted by molar-refractivity contribution is 5.89. The van der Waals surface area contributed by atoms with Crippen LogP contribution < -0.4 is 0 Å². The third kappa shape index (κ3) is 2.48. The smallest absolute Gasteiger partial charge is 0.332 e. The Kier molecular flexibility index (Phi) is 3.83. The molecule has 2 aliphatic rings. The van der Waals surface area contributed by atoms with Crippen molar-refractivity contribution in [3.05, 3.63) is 54.0 Å². The van der Waals surface area contributed by atoms with E-state index < -0.39 is 5.97 Å². The van der Waals surface area contributed by atoms with Gasteiger partial charge in [0.25, 0.3) is 0 Å². The first-order valence-electron chi connectivity index (χ1n) is 8.21. The maximum absolute atomic E-state index is 11.7. The Labute approximate surface area is 137 Å². The molecule has 0 saturated heterocycles. The molecule has 0 unspecified atom stereocenters. The van der Waals surface area contributed by atoms with E-state index in [1.54, 1.807) is 18.6 Å². The van der Waals surface area contributed by atoms with Crippen molar-refractivity contribution in [1.82, 2.24) is 0 Å². The molecule has 4 atom stereocenters. The summed E-state index contributed by atoms with van der Waals surface area (Å²) in [5.74, 6) is -0.128. The van der Waals surface area contributed by atoms with Crippen LogP contribution in [0.2, 0.25) is 0 Å². The van der Waals surface area contributed by atoms with Gasteiger partial charge in [-0.3, -0.25) is 0 Å². The van der Waals surface area contributed by atoms with Crippen LogP contribution in [0.15, 0.2) is 52.9 Å². The van der Waals surface area contributed by atoms with E-state index in [1.165, 1.54) is 0 Å². The van der Waals surface area contributed by atoms with E-state index in [0.29, 0.717) is 11.5 Å². The SMILES string of the molecule is C[C@@H]1CC[C@@]2(C)C(C(=O)O)=CC=C[C@@H]2[C@@]1(C)/C=C/c1ccoc1. The van der Waals surface area contributed by atoms with Crippen LogP contribution in [0.3, 0.4) is 0 Å². The normalized spacial score (nSPS) is 36.7. The van der Waals surface area contributed by atoms with Crippen LogP contribution in [0.4, 0.5) is 0 Å². The summed E-state index contributed by atoms with van der Waals surface area (Å²) in [6.07, 6.45) is 15.6. The van der Waals surface area contributed by atoms with Gasteiger partial charge in [-0.25, -0.2) is 4.79 Å². The molecule has 1 heterocycles. The van der Waals surface area contributed by atoms with Crippen LogP contribution in [0.5, 0.6) is 0 Å². The van der Waals surface area contributed by atoms with Gasteiger partial charge >= 0.3 is 5.97 Å². The number of furan rings is 1. The minimum atomic E-state index is -0.794. The lowest BCUT2D eigenvalue weighted by Crippen LogP contribution is -2.48. The Hall–Kier alpha value is -2.03. The lowest BCUT2D eigenvalue weighted by molar-refractivity contribution is -0.135. The monoisotopic (exact) mass is 312 g/mol. The molecule has 0 amide bonds. The Morgan fingerprint density at radius 2 is 2.22 bits per heavy atom. The summed E-state index contributed by atoms with van der Waals surface area (Å²) >= 11 is 0. The number of fused-ring (bicyclic) bond motifs is 1. The van der Waals surface area contributed by atoms with E-state index in [-0.39, 0.29) is 16.7 Å². The van der Waals surface area contributed by atoms with Crippen LogP contribution in [0, 0.1) is 22.7 Å². The molecule has 1 saturated carbocycles. The van der Waals surface area contributed by atoms with Crippen LogP contribution in [-0.2, 0) is 4.79 Å². The summed E-state index contributed by atoms with van der Waals surface area (Å²) in [5.41, 5.74) is 1.18. The topological polar surface area (TPSA) is 50.4 Å². The third-order valence-electron chi connectivity index (χ3n) is 6.11. The number of carbonyl (C=O) groups is 1. The van der Waals surface area contributed by atoms with Crippen molar-refractivity contribution in [3.63, 3.8) is 0 Å². The molecule has 23 heavy (non-hydrogen) atoms. The molecule has 3 heteroatoms. The fourth-order valence-electron chi connectivity index (χ4n) is 4.38. The first-order chi connectivity index (χ1) is 10.9. The van der Waals surface area contributed by atoms with Crippen LogP contribution in [-0.4, -0.2) is 11.1 Å². The van der Waals surface area contributed by atoms with Gasteiger partial charge < -0.3 is 9.52 Å². The molecule has 122 valence electrons. The van der Waals surface area contributed by atoms with Crippen molar-refractivity contribution in [3.8, 4) is 0 Å². The number of aliphatic carboxylic acids is 1. The van der Waals surface area contributed by atoms with Gasteiger partial charge in [0.2, 0.25) is 0 Å². The zero-order valence-corrected chi connectivity index (χ0v) is 14.0. The van der Waals surface area contributed by atoms with Gasteiger partial charge in [-0.15, -0.1) is 0 Å². The molecule has 3 nitrogen and oxygen atoms in total. The number of hydrogen-bond acceptors (Lipinski definition) is 2. The predicted octanol–water partition coefficient (Wildman–Crippen LogP) is 4.93. The molecule has 0 spiro atoms. The quantitative estimate of drug-likeness (QED) is 0.860. The van der Waals surface area contributed by atoms with E-state index in [1.807, 2.05) is 12.1 Å². The van der Waals surface area contributed by atoms with E-state index in [4.69, 9.17) is 4.42 Å². The molecule has 1 aromatic rings. The lowest BCUT2D eigenvalue weighted by Gasteiger charge is -2.54. The molecular weight excluding hydrogens is 288 g/mol. The Morgan fingerprint density at radius 1 is 1.43 bits per heavy atom. The Morgan fingerprint density at radius 3 is 2.87 bits per heavy atom. The highest BCUT2D eigenvalue weighted by Gasteiger charge is 2.53. The molecule has 3 rings (SSSR count). The average Bonchev–Trinajstić information content (AvgIpc) is 3.02. The van der Waals surface area contributed by atoms with Crippen molar-refractivity contribution in [1.29, 1.82) is 0 Å². The van der Waals surface area contributed by atoms with E-state index in [2.05, 4.69) is 39.0 Å². The molecule has 1 aromatic heterocycles. The molecule has 0 bridgehead atoms. The fourth-order valence-corrected chi connectivity index (χ4v) is 4.38. The third-order valence-corrected chi connectivity index (χ3v) is 6.11. The van der Waals surface area contributed by atoms with Gasteiger partial charge in [0.05, 0.1) is 12.5 Å². The van der Waals surface area contributed by atoms with Crippen molar-refractivity contribution in [2.75, 3.05) is 0 Å². The molecule has 1 fully saturated rings. The second-order valence-electron chi connectivity index (χ2n) is 7.36. The number of hydrogen-bond donors (Lipinski definition) is 1. The Balaban J connectivity index is 2.01. The Bertz CT molecular complexity index is 680. The fraction of sp³-hybridized carbons (Fsp3) is 0.450. The van der Waals surface area contributed by atoms with E-state index in [0.717, 1.165) is 18.4 Å². The summed E-state index contributed by atoms with van der Waals surface area (Å²) in [5, 5.41) is 9.63. The molecule has 0 radical (unpaired) electrons. The van der Waals surface area contributed by atoms with Crippen LogP contribution >= 0.6 is 0 Å². The molecule has 0 aromatic carbocycles. The summed E-state index contributed by atoms with van der Waals surface area (Å²) in [6, 6.07) is 1.94. The second kappa shape index (κ2) is 5.55. The lowest BCUT2D eigenvalue weighted by atomic mass is 9.49. The average molecular weight is 312 g/mol. The van der Waals surface area contributed by atoms with Gasteiger partial charge in [0, 0.05) is 16.6 Å². The van der Waals surface area contributed by atoms with Crippen molar-refractivity contribution in [2.45, 2.75) is 33.6 Å². The highest BCUT2D eigenvalue weighted by Crippen LogP contribution is 2.59. The molecule has 2 aliphatic carbocycles. The summed E-state index contributed by atoms with van der Waals surface area (Å²) < 4.78 is 5.14. The predicted molar refractivity (Wildman–Crippen MR) is 90.7 cm³/mol. The van der Waals surface area contributed by atoms with Gasteiger partial charge in [-0.05, 0) is 36.2 Å². The minimum Gasteiger partial charge on any atom is -0.478 e. The zero-order chi connectivity index (χ0) is 16.7. The van der Waals surface area contributed by atoms with Crippen LogP contribution in [0.1, 0.15) is 39.2 Å². The second-order valence-corrected chi connectivity index (χ2v) is 7.36. The van der Waals surface area contributed by atoms with E-state index >= 15 is 0 Å². The van der Waals surface area contributed by atoms with Crippen molar-refractivity contribution in [2.24, 2.45) is 22.7 Å². The zero-order valence-electron chi connectivity index (χ0n) is 14.0.